The Morgan fingerprint density at radius 3 is 2.40 bits per heavy atom. The van der Waals surface area contributed by atoms with Gasteiger partial charge in [0, 0.05) is 12.1 Å². The number of hydrogen-bond acceptors (Lipinski definition) is 2. The van der Waals surface area contributed by atoms with Crippen molar-refractivity contribution in [2.75, 3.05) is 6.54 Å². The van der Waals surface area contributed by atoms with Gasteiger partial charge in [-0.25, -0.2) is 0 Å². The van der Waals surface area contributed by atoms with Crippen LogP contribution in [0.25, 0.3) is 0 Å². The summed E-state index contributed by atoms with van der Waals surface area (Å²) in [6, 6.07) is 1.14. The SMILES string of the molecule is CC1CC(NCCC(N)CC(C)(C)C)C1. The summed E-state index contributed by atoms with van der Waals surface area (Å²) in [5.41, 5.74) is 6.46. The maximum Gasteiger partial charge on any atom is 0.00721 e. The fourth-order valence-electron chi connectivity index (χ4n) is 2.43. The molecule has 0 heterocycles. The Kier molecular flexibility index (Phi) is 4.60. The monoisotopic (exact) mass is 212 g/mol. The van der Waals surface area contributed by atoms with Gasteiger partial charge in [0.1, 0.15) is 0 Å². The molecule has 1 unspecified atom stereocenters. The van der Waals surface area contributed by atoms with Crippen molar-refractivity contribution >= 4 is 0 Å². The highest BCUT2D eigenvalue weighted by atomic mass is 14.9. The average Bonchev–Trinajstić information content (AvgIpc) is 1.97. The highest BCUT2D eigenvalue weighted by Gasteiger charge is 2.24. The predicted octanol–water partition coefficient (Wildman–Crippen LogP) is 2.53. The summed E-state index contributed by atoms with van der Waals surface area (Å²) in [6.45, 7) is 10.2. The van der Waals surface area contributed by atoms with Crippen LogP contribution in [0.5, 0.6) is 0 Å². The zero-order valence-corrected chi connectivity index (χ0v) is 10.8. The van der Waals surface area contributed by atoms with Crippen LogP contribution in [0.1, 0.15) is 53.4 Å². The Morgan fingerprint density at radius 2 is 1.93 bits per heavy atom. The summed E-state index contributed by atoms with van der Waals surface area (Å²) in [4.78, 5) is 0. The van der Waals surface area contributed by atoms with Crippen molar-refractivity contribution in [1.82, 2.24) is 5.32 Å². The molecule has 3 N–H and O–H groups in total. The summed E-state index contributed by atoms with van der Waals surface area (Å²) < 4.78 is 0. The van der Waals surface area contributed by atoms with Gasteiger partial charge >= 0.3 is 0 Å². The molecule has 1 rings (SSSR count). The second kappa shape index (κ2) is 5.31. The topological polar surface area (TPSA) is 38.0 Å². The largest absolute Gasteiger partial charge is 0.328 e. The molecule has 1 atom stereocenters. The van der Waals surface area contributed by atoms with Gasteiger partial charge in [-0.3, -0.25) is 0 Å². The molecule has 0 radical (unpaired) electrons. The summed E-state index contributed by atoms with van der Waals surface area (Å²) in [5, 5.41) is 3.59. The summed E-state index contributed by atoms with van der Waals surface area (Å²) >= 11 is 0. The first-order chi connectivity index (χ1) is 6.87. The van der Waals surface area contributed by atoms with Gasteiger partial charge in [0.25, 0.3) is 0 Å². The zero-order chi connectivity index (χ0) is 11.5. The van der Waals surface area contributed by atoms with Crippen molar-refractivity contribution in [3.8, 4) is 0 Å². The van der Waals surface area contributed by atoms with Crippen LogP contribution in [0, 0.1) is 11.3 Å². The van der Waals surface area contributed by atoms with Crippen LogP contribution in [0.2, 0.25) is 0 Å². The molecule has 2 nitrogen and oxygen atoms in total. The van der Waals surface area contributed by atoms with E-state index in [0.29, 0.717) is 11.5 Å². The third-order valence-electron chi connectivity index (χ3n) is 3.20. The second-order valence-corrected chi connectivity index (χ2v) is 6.54. The smallest absolute Gasteiger partial charge is 0.00721 e. The van der Waals surface area contributed by atoms with E-state index in [4.69, 9.17) is 5.73 Å². The fourth-order valence-corrected chi connectivity index (χ4v) is 2.43. The second-order valence-electron chi connectivity index (χ2n) is 6.54. The van der Waals surface area contributed by atoms with Crippen LogP contribution < -0.4 is 11.1 Å². The van der Waals surface area contributed by atoms with Crippen LogP contribution in [0.4, 0.5) is 0 Å². The molecule has 1 aliphatic rings. The quantitative estimate of drug-likeness (QED) is 0.735. The van der Waals surface area contributed by atoms with E-state index in [2.05, 4.69) is 33.0 Å². The Bertz CT molecular complexity index is 177. The Morgan fingerprint density at radius 1 is 1.33 bits per heavy atom. The lowest BCUT2D eigenvalue weighted by Crippen LogP contribution is -2.42. The first kappa shape index (κ1) is 13.0. The fraction of sp³-hybridized carbons (Fsp3) is 1.00. The lowest BCUT2D eigenvalue weighted by Gasteiger charge is -2.34. The first-order valence-electron chi connectivity index (χ1n) is 6.36. The Hall–Kier alpha value is -0.0800. The molecule has 1 fully saturated rings. The van der Waals surface area contributed by atoms with Crippen molar-refractivity contribution in [1.29, 1.82) is 0 Å². The molecular weight excluding hydrogens is 184 g/mol. The normalized spacial score (nSPS) is 28.6. The maximum atomic E-state index is 6.09. The van der Waals surface area contributed by atoms with E-state index in [1.807, 2.05) is 0 Å². The average molecular weight is 212 g/mol. The summed E-state index contributed by atoms with van der Waals surface area (Å²) in [7, 11) is 0. The van der Waals surface area contributed by atoms with E-state index >= 15 is 0 Å². The van der Waals surface area contributed by atoms with Crippen LogP contribution >= 0.6 is 0 Å². The van der Waals surface area contributed by atoms with Gasteiger partial charge < -0.3 is 11.1 Å². The third kappa shape index (κ3) is 5.53. The molecule has 0 aromatic heterocycles. The van der Waals surface area contributed by atoms with Crippen LogP contribution in [-0.4, -0.2) is 18.6 Å². The minimum Gasteiger partial charge on any atom is -0.328 e. The van der Waals surface area contributed by atoms with E-state index in [1.54, 1.807) is 0 Å². The van der Waals surface area contributed by atoms with E-state index in [-0.39, 0.29) is 0 Å². The molecule has 0 bridgehead atoms. The van der Waals surface area contributed by atoms with Crippen LogP contribution in [0.3, 0.4) is 0 Å². The molecule has 0 saturated heterocycles. The van der Waals surface area contributed by atoms with Crippen molar-refractivity contribution in [2.45, 2.75) is 65.5 Å². The van der Waals surface area contributed by atoms with Gasteiger partial charge in [0.2, 0.25) is 0 Å². The molecule has 0 aromatic carbocycles. The van der Waals surface area contributed by atoms with Crippen LogP contribution in [0.15, 0.2) is 0 Å². The van der Waals surface area contributed by atoms with Gasteiger partial charge in [-0.1, -0.05) is 27.7 Å². The lowest BCUT2D eigenvalue weighted by molar-refractivity contribution is 0.237. The number of nitrogens with two attached hydrogens (primary N) is 1. The van der Waals surface area contributed by atoms with E-state index in [0.717, 1.165) is 31.3 Å². The van der Waals surface area contributed by atoms with Crippen LogP contribution in [-0.2, 0) is 0 Å². The van der Waals surface area contributed by atoms with Gasteiger partial charge in [-0.15, -0.1) is 0 Å². The van der Waals surface area contributed by atoms with Gasteiger partial charge in [-0.2, -0.15) is 0 Å². The third-order valence-corrected chi connectivity index (χ3v) is 3.20. The highest BCUT2D eigenvalue weighted by molar-refractivity contribution is 4.82. The lowest BCUT2D eigenvalue weighted by atomic mass is 9.82. The number of hydrogen-bond donors (Lipinski definition) is 2. The molecule has 0 aromatic rings. The number of nitrogens with one attached hydrogen (secondary N) is 1. The highest BCUT2D eigenvalue weighted by Crippen LogP contribution is 2.26. The van der Waals surface area contributed by atoms with E-state index in [9.17, 15) is 0 Å². The summed E-state index contributed by atoms with van der Waals surface area (Å²) in [5.74, 6) is 0.936. The van der Waals surface area contributed by atoms with Gasteiger partial charge in [0.05, 0.1) is 0 Å². The number of rotatable bonds is 5. The van der Waals surface area contributed by atoms with E-state index < -0.39 is 0 Å². The molecule has 2 heteroatoms. The minimum atomic E-state index is 0.356. The van der Waals surface area contributed by atoms with Crippen molar-refractivity contribution < 1.29 is 0 Å². The molecule has 1 saturated carbocycles. The molecule has 0 amide bonds. The van der Waals surface area contributed by atoms with E-state index in [1.165, 1.54) is 12.8 Å². The standard InChI is InChI=1S/C13H28N2/c1-10-7-12(8-10)15-6-5-11(14)9-13(2,3)4/h10-12,15H,5-9,14H2,1-4H3. The molecule has 1 aliphatic carbocycles. The molecule has 0 aliphatic heterocycles. The Balaban J connectivity index is 2.00. The van der Waals surface area contributed by atoms with Crippen molar-refractivity contribution in [2.24, 2.45) is 17.1 Å². The van der Waals surface area contributed by atoms with Crippen molar-refractivity contribution in [3.05, 3.63) is 0 Å². The van der Waals surface area contributed by atoms with Gasteiger partial charge in [0.15, 0.2) is 0 Å². The maximum absolute atomic E-state index is 6.09. The molecular formula is C13H28N2. The zero-order valence-electron chi connectivity index (χ0n) is 10.8. The predicted molar refractivity (Wildman–Crippen MR) is 66.9 cm³/mol. The summed E-state index contributed by atoms with van der Waals surface area (Å²) in [6.07, 6.45) is 4.95. The minimum absolute atomic E-state index is 0.356. The Labute approximate surface area is 95.0 Å². The molecule has 15 heavy (non-hydrogen) atoms. The van der Waals surface area contributed by atoms with Gasteiger partial charge in [-0.05, 0) is 43.6 Å². The van der Waals surface area contributed by atoms with Crippen molar-refractivity contribution in [3.63, 3.8) is 0 Å². The molecule has 90 valence electrons. The first-order valence-corrected chi connectivity index (χ1v) is 6.36. The molecule has 0 spiro atoms.